The second-order valence-corrected chi connectivity index (χ2v) is 5.55. The maximum absolute atomic E-state index is 9.97. The van der Waals surface area contributed by atoms with Gasteiger partial charge in [-0.2, -0.15) is 0 Å². The highest BCUT2D eigenvalue weighted by Gasteiger charge is 2.47. The van der Waals surface area contributed by atoms with Gasteiger partial charge in [-0.05, 0) is 0 Å². The Kier molecular flexibility index (Phi) is 6.07. The SMILES string of the molecule is OC[C@H]1NC[C@@H](O)[C@@H](O)[C@@H]1O[C@@H]1O[C@H](CO)[C@@H](O)[C@H](O)[C@H]1O. The number of hydrogen-bond donors (Lipinski definition) is 8. The van der Waals surface area contributed by atoms with Gasteiger partial charge in [0.1, 0.15) is 36.6 Å². The van der Waals surface area contributed by atoms with E-state index in [-0.39, 0.29) is 6.54 Å². The van der Waals surface area contributed by atoms with Crippen LogP contribution in [0, 0.1) is 0 Å². The van der Waals surface area contributed by atoms with Crippen molar-refractivity contribution in [2.75, 3.05) is 19.8 Å². The van der Waals surface area contributed by atoms with Gasteiger partial charge in [-0.1, -0.05) is 0 Å². The van der Waals surface area contributed by atoms with Crippen molar-refractivity contribution >= 4 is 0 Å². The molecule has 130 valence electrons. The molecule has 0 bridgehead atoms. The van der Waals surface area contributed by atoms with Gasteiger partial charge in [-0.15, -0.1) is 0 Å². The number of nitrogens with one attached hydrogen (secondary N) is 1. The van der Waals surface area contributed by atoms with Gasteiger partial charge in [0.15, 0.2) is 6.29 Å². The molecule has 2 aliphatic rings. The third-order valence-corrected chi connectivity index (χ3v) is 4.05. The van der Waals surface area contributed by atoms with Crippen molar-refractivity contribution in [2.24, 2.45) is 0 Å². The Hall–Kier alpha value is -0.400. The lowest BCUT2D eigenvalue weighted by Crippen LogP contribution is -2.65. The van der Waals surface area contributed by atoms with E-state index in [9.17, 15) is 30.6 Å². The molecular formula is C12H23NO9. The van der Waals surface area contributed by atoms with E-state index in [2.05, 4.69) is 5.32 Å². The molecule has 0 unspecified atom stereocenters. The second kappa shape index (κ2) is 7.45. The average Bonchev–Trinajstić information content (AvgIpc) is 2.52. The quantitative estimate of drug-likeness (QED) is 0.250. The Morgan fingerprint density at radius 2 is 1.59 bits per heavy atom. The Morgan fingerprint density at radius 1 is 0.909 bits per heavy atom. The molecule has 0 aromatic carbocycles. The van der Waals surface area contributed by atoms with Crippen LogP contribution in [0.25, 0.3) is 0 Å². The molecule has 0 amide bonds. The fraction of sp³-hybridized carbons (Fsp3) is 1.00. The van der Waals surface area contributed by atoms with Crippen LogP contribution in [-0.2, 0) is 9.47 Å². The van der Waals surface area contributed by atoms with Gasteiger partial charge in [0.2, 0.25) is 0 Å². The number of aliphatic hydroxyl groups is 7. The molecule has 2 rings (SSSR count). The third kappa shape index (κ3) is 3.41. The van der Waals surface area contributed by atoms with Gasteiger partial charge in [-0.3, -0.25) is 0 Å². The molecule has 0 aromatic rings. The lowest BCUT2D eigenvalue weighted by Gasteiger charge is -2.44. The summed E-state index contributed by atoms with van der Waals surface area (Å²) in [6, 6.07) is -0.717. The van der Waals surface area contributed by atoms with E-state index in [0.717, 1.165) is 0 Å². The summed E-state index contributed by atoms with van der Waals surface area (Å²) < 4.78 is 10.6. The van der Waals surface area contributed by atoms with Crippen molar-refractivity contribution in [1.29, 1.82) is 0 Å². The zero-order valence-corrected chi connectivity index (χ0v) is 11.8. The van der Waals surface area contributed by atoms with Crippen molar-refractivity contribution < 1.29 is 45.2 Å². The minimum atomic E-state index is -1.62. The summed E-state index contributed by atoms with van der Waals surface area (Å²) in [6.07, 6.45) is -10.9. The molecule has 0 saturated carbocycles. The van der Waals surface area contributed by atoms with Gasteiger partial charge >= 0.3 is 0 Å². The van der Waals surface area contributed by atoms with Gasteiger partial charge in [0, 0.05) is 6.54 Å². The predicted molar refractivity (Wildman–Crippen MR) is 69.5 cm³/mol. The zero-order valence-electron chi connectivity index (χ0n) is 11.8. The monoisotopic (exact) mass is 325 g/mol. The summed E-state index contributed by atoms with van der Waals surface area (Å²) in [5.41, 5.74) is 0. The highest BCUT2D eigenvalue weighted by Crippen LogP contribution is 2.25. The molecule has 10 heteroatoms. The van der Waals surface area contributed by atoms with Crippen LogP contribution < -0.4 is 5.32 Å². The largest absolute Gasteiger partial charge is 0.395 e. The maximum Gasteiger partial charge on any atom is 0.187 e. The second-order valence-electron chi connectivity index (χ2n) is 5.55. The van der Waals surface area contributed by atoms with E-state index in [1.54, 1.807) is 0 Å². The van der Waals surface area contributed by atoms with Crippen molar-refractivity contribution in [3.8, 4) is 0 Å². The van der Waals surface area contributed by atoms with E-state index in [4.69, 9.17) is 14.6 Å². The van der Waals surface area contributed by atoms with Crippen LogP contribution >= 0.6 is 0 Å². The van der Waals surface area contributed by atoms with Crippen LogP contribution in [0.15, 0.2) is 0 Å². The van der Waals surface area contributed by atoms with Gasteiger partial charge in [-0.25, -0.2) is 0 Å². The number of aliphatic hydroxyl groups excluding tert-OH is 7. The summed E-state index contributed by atoms with van der Waals surface area (Å²) >= 11 is 0. The van der Waals surface area contributed by atoms with E-state index < -0.39 is 68.3 Å². The fourth-order valence-corrected chi connectivity index (χ4v) is 2.64. The molecule has 2 aliphatic heterocycles. The fourth-order valence-electron chi connectivity index (χ4n) is 2.64. The smallest absolute Gasteiger partial charge is 0.187 e. The van der Waals surface area contributed by atoms with Crippen molar-refractivity contribution in [3.05, 3.63) is 0 Å². The number of ether oxygens (including phenoxy) is 2. The molecule has 2 fully saturated rings. The minimum absolute atomic E-state index is 0.0565. The standard InChI is InChI=1S/C12H23NO9/c14-2-4-11(7(17)5(16)1-13-4)22-12-10(20)9(19)8(18)6(3-15)21-12/h4-20H,1-3H2/t4-,5-,6-,7-,8-,9+,10-,11-,12+/m1/s1. The summed E-state index contributed by atoms with van der Waals surface area (Å²) in [4.78, 5) is 0. The summed E-state index contributed by atoms with van der Waals surface area (Å²) in [7, 11) is 0. The van der Waals surface area contributed by atoms with Crippen LogP contribution in [0.2, 0.25) is 0 Å². The molecule has 22 heavy (non-hydrogen) atoms. The van der Waals surface area contributed by atoms with E-state index in [1.165, 1.54) is 0 Å². The first-order valence-corrected chi connectivity index (χ1v) is 7.07. The molecule has 0 spiro atoms. The van der Waals surface area contributed by atoms with Crippen molar-refractivity contribution in [1.82, 2.24) is 5.32 Å². The summed E-state index contributed by atoms with van der Waals surface area (Å²) in [6.45, 7) is -0.949. The molecule has 0 aliphatic carbocycles. The lowest BCUT2D eigenvalue weighted by atomic mass is 9.95. The van der Waals surface area contributed by atoms with E-state index in [1.807, 2.05) is 0 Å². The number of rotatable bonds is 4. The normalized spacial score (nSPS) is 50.0. The van der Waals surface area contributed by atoms with Crippen molar-refractivity contribution in [3.63, 3.8) is 0 Å². The minimum Gasteiger partial charge on any atom is -0.395 e. The average molecular weight is 325 g/mol. The highest BCUT2D eigenvalue weighted by atomic mass is 16.7. The number of piperidine rings is 1. The van der Waals surface area contributed by atoms with Gasteiger partial charge in [0.25, 0.3) is 0 Å². The van der Waals surface area contributed by atoms with Crippen LogP contribution in [-0.4, -0.2) is 111 Å². The van der Waals surface area contributed by atoms with Crippen molar-refractivity contribution in [2.45, 2.75) is 55.1 Å². The zero-order chi connectivity index (χ0) is 16.4. The van der Waals surface area contributed by atoms with E-state index >= 15 is 0 Å². The maximum atomic E-state index is 9.97. The molecule has 2 heterocycles. The first-order chi connectivity index (χ1) is 10.4. The first-order valence-electron chi connectivity index (χ1n) is 7.07. The molecule has 0 radical (unpaired) electrons. The highest BCUT2D eigenvalue weighted by molar-refractivity contribution is 4.95. The van der Waals surface area contributed by atoms with Crippen LogP contribution in [0.4, 0.5) is 0 Å². The van der Waals surface area contributed by atoms with Gasteiger partial charge < -0.3 is 50.5 Å². The van der Waals surface area contributed by atoms with Gasteiger partial charge in [0.05, 0.1) is 25.4 Å². The van der Waals surface area contributed by atoms with Crippen LogP contribution in [0.5, 0.6) is 0 Å². The number of hydrogen-bond acceptors (Lipinski definition) is 10. The Labute approximate surface area is 126 Å². The molecule has 8 N–H and O–H groups in total. The molecular weight excluding hydrogens is 302 g/mol. The topological polar surface area (TPSA) is 172 Å². The molecule has 0 aromatic heterocycles. The molecule has 10 nitrogen and oxygen atoms in total. The molecule has 9 atom stereocenters. The molecule has 2 saturated heterocycles. The lowest BCUT2D eigenvalue weighted by molar-refractivity contribution is -0.324. The Balaban J connectivity index is 2.09. The predicted octanol–water partition coefficient (Wildman–Crippen LogP) is -5.14. The van der Waals surface area contributed by atoms with E-state index in [0.29, 0.717) is 0 Å². The first kappa shape index (κ1) is 17.9. The summed E-state index contributed by atoms with van der Waals surface area (Å²) in [5.74, 6) is 0. The Morgan fingerprint density at radius 3 is 2.18 bits per heavy atom. The number of β-amino-alcohol motifs (C(OH)–C–C–N with tert-alkyl or cyclic N) is 1. The third-order valence-electron chi connectivity index (χ3n) is 4.05. The Bertz CT molecular complexity index is 355. The van der Waals surface area contributed by atoms with Crippen LogP contribution in [0.1, 0.15) is 0 Å². The summed E-state index contributed by atoms with van der Waals surface area (Å²) in [5, 5.41) is 70.0. The van der Waals surface area contributed by atoms with Crippen LogP contribution in [0.3, 0.4) is 0 Å².